The zero-order valence-electron chi connectivity index (χ0n) is 20.2. The molecule has 0 aliphatic rings. The number of amides is 2. The van der Waals surface area contributed by atoms with Crippen LogP contribution in [0.25, 0.3) is 0 Å². The summed E-state index contributed by atoms with van der Waals surface area (Å²) >= 11 is 1.62. The molecule has 0 N–H and O–H groups in total. The van der Waals surface area contributed by atoms with Crippen molar-refractivity contribution in [1.82, 2.24) is 9.80 Å². The minimum absolute atomic E-state index is 0.00952. The second-order valence-electron chi connectivity index (χ2n) is 8.46. The zero-order valence-corrected chi connectivity index (χ0v) is 21.0. The van der Waals surface area contributed by atoms with Gasteiger partial charge in [-0.1, -0.05) is 50.2 Å². The first-order chi connectivity index (χ1) is 16.4. The summed E-state index contributed by atoms with van der Waals surface area (Å²) in [4.78, 5) is 31.6. The van der Waals surface area contributed by atoms with Crippen molar-refractivity contribution in [3.63, 3.8) is 0 Å². The molecule has 3 aromatic rings. The molecular formula is C27H32N2O4S. The number of rotatable bonds is 11. The van der Waals surface area contributed by atoms with Crippen molar-refractivity contribution in [3.05, 3.63) is 82.0 Å². The minimum atomic E-state index is -0.239. The van der Waals surface area contributed by atoms with E-state index in [1.54, 1.807) is 41.5 Å². The van der Waals surface area contributed by atoms with Crippen LogP contribution in [0.2, 0.25) is 0 Å². The number of hydrogen-bond donors (Lipinski definition) is 0. The molecule has 0 saturated carbocycles. The topological polar surface area (TPSA) is 59.1 Å². The predicted octanol–water partition coefficient (Wildman–Crippen LogP) is 5.09. The van der Waals surface area contributed by atoms with Gasteiger partial charge in [0, 0.05) is 24.0 Å². The van der Waals surface area contributed by atoms with E-state index in [1.165, 1.54) is 7.11 Å². The van der Waals surface area contributed by atoms with Crippen LogP contribution in [0.5, 0.6) is 11.5 Å². The average molecular weight is 481 g/mol. The fraction of sp³-hybridized carbons (Fsp3) is 0.333. The van der Waals surface area contributed by atoms with Crippen molar-refractivity contribution in [2.24, 2.45) is 5.92 Å². The largest absolute Gasteiger partial charge is 0.497 e. The monoisotopic (exact) mass is 480 g/mol. The van der Waals surface area contributed by atoms with E-state index in [-0.39, 0.29) is 24.3 Å². The van der Waals surface area contributed by atoms with E-state index in [4.69, 9.17) is 9.47 Å². The van der Waals surface area contributed by atoms with Crippen LogP contribution in [0.4, 0.5) is 0 Å². The van der Waals surface area contributed by atoms with E-state index in [9.17, 15) is 9.59 Å². The van der Waals surface area contributed by atoms with Crippen LogP contribution in [-0.4, -0.2) is 48.9 Å². The van der Waals surface area contributed by atoms with Gasteiger partial charge in [-0.05, 0) is 35.1 Å². The van der Waals surface area contributed by atoms with E-state index in [0.29, 0.717) is 36.7 Å². The van der Waals surface area contributed by atoms with Gasteiger partial charge >= 0.3 is 0 Å². The highest BCUT2D eigenvalue weighted by Crippen LogP contribution is 2.26. The number of thiophene rings is 1. The van der Waals surface area contributed by atoms with Crippen LogP contribution in [0.1, 0.15) is 34.6 Å². The molecule has 6 nitrogen and oxygen atoms in total. The molecule has 0 atom stereocenters. The summed E-state index contributed by atoms with van der Waals surface area (Å²) in [5.41, 5.74) is 1.45. The van der Waals surface area contributed by atoms with Gasteiger partial charge in [0.15, 0.2) is 0 Å². The Morgan fingerprint density at radius 2 is 1.68 bits per heavy atom. The fourth-order valence-corrected chi connectivity index (χ4v) is 4.42. The number of ether oxygens (including phenoxy) is 2. The molecule has 0 unspecified atom stereocenters. The lowest BCUT2D eigenvalue weighted by Crippen LogP contribution is -2.44. The molecule has 1 aromatic heterocycles. The Morgan fingerprint density at radius 1 is 0.912 bits per heavy atom. The predicted molar refractivity (Wildman–Crippen MR) is 135 cm³/mol. The molecule has 0 fully saturated rings. The molecule has 0 saturated heterocycles. The van der Waals surface area contributed by atoms with Crippen LogP contribution >= 0.6 is 11.3 Å². The first-order valence-corrected chi connectivity index (χ1v) is 12.1. The van der Waals surface area contributed by atoms with E-state index >= 15 is 0 Å². The van der Waals surface area contributed by atoms with E-state index in [0.717, 1.165) is 10.4 Å². The standard InChI is InChI=1S/C27H32N2O4S/c1-20(2)16-29(27(31)24-13-12-22(32-3)15-25(24)33-4)19-26(30)28(18-23-11-8-14-34-23)17-21-9-6-5-7-10-21/h5-15,20H,16-19H2,1-4H3. The van der Waals surface area contributed by atoms with E-state index in [1.807, 2.05) is 66.6 Å². The summed E-state index contributed by atoms with van der Waals surface area (Å²) in [6.07, 6.45) is 0. The number of methoxy groups -OCH3 is 2. The zero-order chi connectivity index (χ0) is 24.5. The average Bonchev–Trinajstić information content (AvgIpc) is 3.36. The van der Waals surface area contributed by atoms with Gasteiger partial charge < -0.3 is 19.3 Å². The molecule has 0 bridgehead atoms. The first kappa shape index (κ1) is 25.3. The molecule has 0 radical (unpaired) electrons. The Bertz CT molecular complexity index is 1070. The molecule has 1 heterocycles. The van der Waals surface area contributed by atoms with Gasteiger partial charge in [0.2, 0.25) is 5.91 Å². The van der Waals surface area contributed by atoms with Crippen LogP contribution in [-0.2, 0) is 17.9 Å². The van der Waals surface area contributed by atoms with Crippen molar-refractivity contribution in [3.8, 4) is 11.5 Å². The molecule has 0 spiro atoms. The Balaban J connectivity index is 1.85. The van der Waals surface area contributed by atoms with E-state index < -0.39 is 0 Å². The third-order valence-electron chi connectivity index (χ3n) is 5.33. The summed E-state index contributed by atoms with van der Waals surface area (Å²) in [6, 6.07) is 19.0. The SMILES string of the molecule is COc1ccc(C(=O)N(CC(=O)N(Cc2ccccc2)Cc2cccs2)CC(C)C)c(OC)c1. The lowest BCUT2D eigenvalue weighted by atomic mass is 10.1. The number of carbonyl (C=O) groups is 2. The Hall–Kier alpha value is -3.32. The number of carbonyl (C=O) groups excluding carboxylic acids is 2. The van der Waals surface area contributed by atoms with Crippen LogP contribution in [0.3, 0.4) is 0 Å². The van der Waals surface area contributed by atoms with Crippen LogP contribution < -0.4 is 9.47 Å². The van der Waals surface area contributed by atoms with Gasteiger partial charge in [-0.3, -0.25) is 9.59 Å². The van der Waals surface area contributed by atoms with E-state index in [2.05, 4.69) is 0 Å². The summed E-state index contributed by atoms with van der Waals surface area (Å²) in [7, 11) is 3.08. The van der Waals surface area contributed by atoms with Crippen molar-refractivity contribution in [2.75, 3.05) is 27.3 Å². The van der Waals surface area contributed by atoms with Gasteiger partial charge in [-0.15, -0.1) is 11.3 Å². The lowest BCUT2D eigenvalue weighted by Gasteiger charge is -2.29. The molecule has 34 heavy (non-hydrogen) atoms. The Labute approximate surface area is 205 Å². The maximum absolute atomic E-state index is 13.5. The number of nitrogens with zero attached hydrogens (tertiary/aromatic N) is 2. The van der Waals surface area contributed by atoms with Gasteiger partial charge in [-0.25, -0.2) is 0 Å². The highest BCUT2D eigenvalue weighted by atomic mass is 32.1. The molecule has 180 valence electrons. The number of benzene rings is 2. The Kier molecular flexibility index (Phi) is 9.10. The molecule has 2 amide bonds. The summed E-state index contributed by atoms with van der Waals surface area (Å²) < 4.78 is 10.7. The van der Waals surface area contributed by atoms with Gasteiger partial charge in [-0.2, -0.15) is 0 Å². The molecule has 0 aliphatic heterocycles. The Morgan fingerprint density at radius 3 is 2.29 bits per heavy atom. The molecule has 0 aliphatic carbocycles. The summed E-state index contributed by atoms with van der Waals surface area (Å²) in [5.74, 6) is 0.882. The third kappa shape index (κ3) is 6.84. The molecule has 3 rings (SSSR count). The first-order valence-electron chi connectivity index (χ1n) is 11.3. The van der Waals surface area contributed by atoms with Crippen LogP contribution in [0.15, 0.2) is 66.0 Å². The number of hydrogen-bond acceptors (Lipinski definition) is 5. The molecule has 2 aromatic carbocycles. The summed E-state index contributed by atoms with van der Waals surface area (Å²) in [6.45, 7) is 5.49. The molecule has 7 heteroatoms. The quantitative estimate of drug-likeness (QED) is 0.383. The second kappa shape index (κ2) is 12.2. The van der Waals surface area contributed by atoms with Gasteiger partial charge in [0.05, 0.1) is 26.3 Å². The van der Waals surface area contributed by atoms with Gasteiger partial charge in [0.1, 0.15) is 18.0 Å². The van der Waals surface area contributed by atoms with Crippen molar-refractivity contribution in [2.45, 2.75) is 26.9 Å². The van der Waals surface area contributed by atoms with Crippen molar-refractivity contribution < 1.29 is 19.1 Å². The highest BCUT2D eigenvalue weighted by Gasteiger charge is 2.26. The normalized spacial score (nSPS) is 10.7. The minimum Gasteiger partial charge on any atom is -0.497 e. The van der Waals surface area contributed by atoms with Gasteiger partial charge in [0.25, 0.3) is 5.91 Å². The summed E-state index contributed by atoms with van der Waals surface area (Å²) in [5, 5.41) is 2.01. The maximum Gasteiger partial charge on any atom is 0.258 e. The van der Waals surface area contributed by atoms with Crippen molar-refractivity contribution >= 4 is 23.2 Å². The smallest absolute Gasteiger partial charge is 0.258 e. The second-order valence-corrected chi connectivity index (χ2v) is 9.49. The third-order valence-corrected chi connectivity index (χ3v) is 6.19. The highest BCUT2D eigenvalue weighted by molar-refractivity contribution is 7.09. The fourth-order valence-electron chi connectivity index (χ4n) is 3.70. The lowest BCUT2D eigenvalue weighted by molar-refractivity contribution is -0.133. The molecular weight excluding hydrogens is 448 g/mol. The maximum atomic E-state index is 13.5. The van der Waals surface area contributed by atoms with Crippen molar-refractivity contribution in [1.29, 1.82) is 0 Å². The van der Waals surface area contributed by atoms with Crippen LogP contribution in [0, 0.1) is 5.92 Å².